The molecule has 9 nitrogen and oxygen atoms in total. The summed E-state index contributed by atoms with van der Waals surface area (Å²) in [6.45, 7) is 13.3. The highest BCUT2D eigenvalue weighted by Crippen LogP contribution is 2.21. The molecule has 0 bridgehead atoms. The van der Waals surface area contributed by atoms with Crippen LogP contribution in [-0.4, -0.2) is 83.8 Å². The van der Waals surface area contributed by atoms with Crippen molar-refractivity contribution in [2.24, 2.45) is 0 Å². The van der Waals surface area contributed by atoms with Crippen LogP contribution in [0.15, 0.2) is 60.7 Å². The number of quaternary nitrogens is 3. The molecule has 0 aromatic heterocycles. The Balaban J connectivity index is -0.000000191. The molecule has 0 saturated carbocycles. The van der Waals surface area contributed by atoms with Gasteiger partial charge in [-0.05, 0) is 58.9 Å². The number of nitrogens with zero attached hydrogens (tertiary/aromatic N) is 3. The van der Waals surface area contributed by atoms with E-state index in [-0.39, 0.29) is 16.4 Å². The summed E-state index contributed by atoms with van der Waals surface area (Å²) in [4.78, 5) is -1.94. The van der Waals surface area contributed by atoms with Gasteiger partial charge in [-0.2, -0.15) is 0 Å². The van der Waals surface area contributed by atoms with Crippen LogP contribution in [0.4, 0.5) is 11.4 Å². The van der Waals surface area contributed by atoms with Gasteiger partial charge in [0.25, 0.3) is 0 Å². The Morgan fingerprint density at radius 3 is 1.06 bits per heavy atom. The van der Waals surface area contributed by atoms with Crippen LogP contribution in [0.5, 0.6) is 0 Å². The summed E-state index contributed by atoms with van der Waals surface area (Å²) >= 11 is 0. The third-order valence-electron chi connectivity index (χ3n) is 5.34. The summed E-state index contributed by atoms with van der Waals surface area (Å²) in [7, 11) is 6.49. The van der Waals surface area contributed by atoms with Gasteiger partial charge in [0.05, 0.1) is 45.8 Å². The van der Waals surface area contributed by atoms with Crippen LogP contribution < -0.4 is 8.97 Å². The largest absolute Gasteiger partial charge is 0.870 e. The van der Waals surface area contributed by atoms with Gasteiger partial charge in [-0.25, -0.2) is 0 Å². The van der Waals surface area contributed by atoms with E-state index in [2.05, 4.69) is 96.5 Å². The van der Waals surface area contributed by atoms with Crippen LogP contribution in [0.3, 0.4) is 0 Å². The molecule has 2 aromatic rings. The number of benzene rings is 2. The van der Waals surface area contributed by atoms with Crippen LogP contribution in [-0.2, 0) is 0 Å². The van der Waals surface area contributed by atoms with Gasteiger partial charge in [0.15, 0.2) is 6.04 Å². The highest BCUT2D eigenvalue weighted by Gasteiger charge is 2.24. The maximum absolute atomic E-state index is 8.14. The quantitative estimate of drug-likeness (QED) is 0.405. The molecule has 0 heterocycles. The summed E-state index contributed by atoms with van der Waals surface area (Å²) in [6, 6.07) is 20.7. The molecule has 0 saturated heterocycles. The molecule has 0 fully saturated rings. The van der Waals surface area contributed by atoms with Crippen LogP contribution >= 0.6 is 0 Å². The van der Waals surface area contributed by atoms with E-state index in [1.54, 1.807) is 0 Å². The zero-order chi connectivity index (χ0) is 23.4. The molecule has 0 unspecified atom stereocenters. The predicted molar refractivity (Wildman–Crippen MR) is 132 cm³/mol. The molecular weight excluding hydrogens is 426 g/mol. The smallest absolute Gasteiger partial charge is 0.181 e. The molecule has 0 atom stereocenters. The fourth-order valence-electron chi connectivity index (χ4n) is 2.84. The first-order valence-corrected chi connectivity index (χ1v) is 10.7. The minimum absolute atomic E-state index is 0. The van der Waals surface area contributed by atoms with E-state index < -0.39 is 11.0 Å². The van der Waals surface area contributed by atoms with Gasteiger partial charge in [-0.15, -0.1) is 15.6 Å². The van der Waals surface area contributed by atoms with Crippen molar-refractivity contribution in [2.75, 3.05) is 40.8 Å². The molecule has 2 aromatic carbocycles. The van der Waals surface area contributed by atoms with Crippen molar-refractivity contribution >= 4 is 11.4 Å². The van der Waals surface area contributed by atoms with Crippen molar-refractivity contribution in [3.63, 3.8) is 0 Å². The average Bonchev–Trinajstić information content (AvgIpc) is 2.71. The fourth-order valence-corrected chi connectivity index (χ4v) is 2.84. The average molecular weight is 474 g/mol. The number of hydrogen-bond donors (Lipinski definition) is 3. The molecular formula is C24H47N3O6. The van der Waals surface area contributed by atoms with Gasteiger partial charge in [-0.1, -0.05) is 36.4 Å². The van der Waals surface area contributed by atoms with Crippen LogP contribution in [0.25, 0.3) is 0 Å². The molecule has 0 spiro atoms. The Kier molecular flexibility index (Phi) is 20.4. The second-order valence-corrected chi connectivity index (χ2v) is 8.49. The maximum atomic E-state index is 8.14. The lowest BCUT2D eigenvalue weighted by molar-refractivity contribution is -1.38. The Bertz CT molecular complexity index is 675. The topological polar surface area (TPSA) is 151 Å². The third kappa shape index (κ3) is 14.1. The maximum Gasteiger partial charge on any atom is 0.181 e. The Morgan fingerprint density at radius 2 is 0.879 bits per heavy atom. The first kappa shape index (κ1) is 38.3. The number of rotatable bonds is 6. The first-order valence-electron chi connectivity index (χ1n) is 10.7. The monoisotopic (exact) mass is 473 g/mol. The van der Waals surface area contributed by atoms with Crippen LogP contribution in [0.2, 0.25) is 0 Å². The molecule has 0 aliphatic heterocycles. The lowest BCUT2D eigenvalue weighted by Crippen LogP contribution is -2.48. The minimum Gasteiger partial charge on any atom is -0.870 e. The molecule has 6 N–H and O–H groups in total. The second-order valence-electron chi connectivity index (χ2n) is 8.49. The Labute approximate surface area is 199 Å². The van der Waals surface area contributed by atoms with Gasteiger partial charge in [0.2, 0.25) is 0 Å². The third-order valence-corrected chi connectivity index (χ3v) is 5.34. The van der Waals surface area contributed by atoms with E-state index >= 15 is 0 Å². The summed E-state index contributed by atoms with van der Waals surface area (Å²) in [6.07, 6.45) is 0. The van der Waals surface area contributed by atoms with E-state index in [4.69, 9.17) is 15.6 Å². The van der Waals surface area contributed by atoms with Crippen molar-refractivity contribution in [3.8, 4) is 0 Å². The highest BCUT2D eigenvalue weighted by molar-refractivity contribution is 5.42. The molecule has 33 heavy (non-hydrogen) atoms. The van der Waals surface area contributed by atoms with Gasteiger partial charge >= 0.3 is 0 Å². The number of hydroxylamine groups is 3. The summed E-state index contributed by atoms with van der Waals surface area (Å²) in [5, 5.41) is 24.4. The van der Waals surface area contributed by atoms with Crippen molar-refractivity contribution in [3.05, 3.63) is 60.7 Å². The van der Waals surface area contributed by atoms with E-state index in [0.717, 1.165) is 8.97 Å². The molecule has 0 amide bonds. The summed E-state index contributed by atoms with van der Waals surface area (Å²) < 4.78 is 1.99. The number of hydrogen-bond acceptors (Lipinski definition) is 6. The van der Waals surface area contributed by atoms with Gasteiger partial charge in [-0.3, -0.25) is 8.97 Å². The lowest BCUT2D eigenvalue weighted by atomic mass is 10.2. The molecule has 2 rings (SSSR count). The van der Waals surface area contributed by atoms with E-state index in [0.29, 0.717) is 0 Å². The van der Waals surface area contributed by atoms with Crippen molar-refractivity contribution in [1.29, 1.82) is 0 Å². The van der Waals surface area contributed by atoms with Crippen LogP contribution in [0, 0.1) is 0 Å². The fraction of sp³-hybridized carbons (Fsp3) is 0.500. The molecule has 0 aliphatic carbocycles. The highest BCUT2D eigenvalue weighted by atomic mass is 17.1. The zero-order valence-corrected chi connectivity index (χ0v) is 21.5. The van der Waals surface area contributed by atoms with E-state index in [1.807, 2.05) is 6.07 Å². The van der Waals surface area contributed by atoms with Crippen molar-refractivity contribution < 1.29 is 37.0 Å². The zero-order valence-electron chi connectivity index (χ0n) is 21.5. The minimum atomic E-state index is -1.94. The second kappa shape index (κ2) is 17.5. The van der Waals surface area contributed by atoms with Crippen LogP contribution in [0.1, 0.15) is 34.6 Å². The van der Waals surface area contributed by atoms with Crippen molar-refractivity contribution in [2.45, 2.75) is 40.7 Å². The van der Waals surface area contributed by atoms with Gasteiger partial charge < -0.3 is 16.4 Å². The summed E-state index contributed by atoms with van der Waals surface area (Å²) in [5.41, 5.74) is 2.78. The SMILES string of the molecule is CC(C)[N+](O)(O)O.CC[N+](CC)(CC)c1ccccc1.C[N+](C)(C)c1ccccc1.[OH-].[OH-].[OH-]. The lowest BCUT2D eigenvalue weighted by Gasteiger charge is -2.35. The van der Waals surface area contributed by atoms with Gasteiger partial charge in [0, 0.05) is 0 Å². The molecule has 0 aliphatic rings. The first-order chi connectivity index (χ1) is 13.8. The predicted octanol–water partition coefficient (Wildman–Crippen LogP) is 4.79. The Morgan fingerprint density at radius 1 is 0.606 bits per heavy atom. The molecule has 0 radical (unpaired) electrons. The Hall–Kier alpha value is -1.92. The van der Waals surface area contributed by atoms with Gasteiger partial charge in [0.1, 0.15) is 11.4 Å². The molecule has 9 heteroatoms. The van der Waals surface area contributed by atoms with Crippen molar-refractivity contribution in [1.82, 2.24) is 8.97 Å². The normalized spacial score (nSPS) is 10.8. The molecule has 194 valence electrons. The van der Waals surface area contributed by atoms with E-state index in [9.17, 15) is 0 Å². The summed E-state index contributed by atoms with van der Waals surface area (Å²) in [5.74, 6) is 0. The standard InChI is InChI=1S/C12H20N.C9H14N.C3H10NO3.3H2O/c1-4-13(5-2,6-3)12-10-8-7-9-11-12;1-10(2,3)9-7-5-4-6-8-9;1-3(2)4(5,6)7;;;/h7-11H,4-6H2,1-3H3;4-8H,1-3H3;3,5-7H,1-2H3;3*1H2/q3*+1;;;/p-3. The van der Waals surface area contributed by atoms with E-state index in [1.165, 1.54) is 44.9 Å². The number of para-hydroxylation sites is 2.